The van der Waals surface area contributed by atoms with Crippen LogP contribution in [0.3, 0.4) is 0 Å². The highest BCUT2D eigenvalue weighted by molar-refractivity contribution is 5.87. The van der Waals surface area contributed by atoms with E-state index in [4.69, 9.17) is 9.47 Å². The number of benzene rings is 1. The molecule has 2 saturated heterocycles. The molecule has 0 bridgehead atoms. The summed E-state index contributed by atoms with van der Waals surface area (Å²) in [5.74, 6) is 0.437. The summed E-state index contributed by atoms with van der Waals surface area (Å²) in [7, 11) is 0. The molecule has 6 nitrogen and oxygen atoms in total. The van der Waals surface area contributed by atoms with E-state index in [2.05, 4.69) is 57.0 Å². The summed E-state index contributed by atoms with van der Waals surface area (Å²) >= 11 is 0. The second-order valence-electron chi connectivity index (χ2n) is 14.2. The minimum absolute atomic E-state index is 0.261. The minimum Gasteiger partial charge on any atom is -0.388 e. The number of fused-ring (bicyclic) bond motifs is 7. The normalized spacial score (nSPS) is 45.0. The molecule has 3 heterocycles. The maximum absolute atomic E-state index is 12.8. The first-order valence-corrected chi connectivity index (χ1v) is 14.5. The number of aromatic amines is 1. The molecule has 9 unspecified atom stereocenters. The predicted octanol–water partition coefficient (Wildman–Crippen LogP) is 4.47. The number of aliphatic hydroxyl groups is 3. The van der Waals surface area contributed by atoms with Crippen molar-refractivity contribution in [2.24, 2.45) is 11.3 Å². The summed E-state index contributed by atoms with van der Waals surface area (Å²) in [4.78, 5) is 3.87. The van der Waals surface area contributed by atoms with Gasteiger partial charge in [-0.25, -0.2) is 0 Å². The van der Waals surface area contributed by atoms with E-state index in [0.29, 0.717) is 12.3 Å². The third-order valence-corrected chi connectivity index (χ3v) is 11.8. The Balaban J connectivity index is 1.31. The summed E-state index contributed by atoms with van der Waals surface area (Å²) in [6.45, 7) is 12.2. The van der Waals surface area contributed by atoms with Gasteiger partial charge in [-0.3, -0.25) is 0 Å². The van der Waals surface area contributed by atoms with E-state index in [1.165, 1.54) is 33.3 Å². The molecule has 9 atom stereocenters. The van der Waals surface area contributed by atoms with Crippen LogP contribution in [-0.4, -0.2) is 61.5 Å². The van der Waals surface area contributed by atoms with Crippen molar-refractivity contribution in [1.29, 1.82) is 0 Å². The molecule has 4 N–H and O–H groups in total. The number of H-pyrrole nitrogens is 1. The summed E-state index contributed by atoms with van der Waals surface area (Å²) in [6, 6.07) is 6.83. The second-order valence-corrected chi connectivity index (χ2v) is 14.2. The van der Waals surface area contributed by atoms with Crippen molar-refractivity contribution in [2.45, 2.75) is 127 Å². The van der Waals surface area contributed by atoms with Crippen molar-refractivity contribution in [3.05, 3.63) is 46.7 Å². The van der Waals surface area contributed by atoms with E-state index in [0.717, 1.165) is 32.1 Å². The van der Waals surface area contributed by atoms with Crippen LogP contribution in [0.25, 0.3) is 10.9 Å². The fraction of sp³-hybridized carbons (Fsp3) is 0.688. The lowest BCUT2D eigenvalue weighted by Crippen LogP contribution is -2.76. The molecule has 1 aromatic carbocycles. The van der Waals surface area contributed by atoms with Crippen LogP contribution >= 0.6 is 0 Å². The highest BCUT2D eigenvalue weighted by Gasteiger charge is 2.86. The highest BCUT2D eigenvalue weighted by Crippen LogP contribution is 2.74. The van der Waals surface area contributed by atoms with E-state index in [-0.39, 0.29) is 11.5 Å². The Bertz CT molecular complexity index is 1350. The van der Waals surface area contributed by atoms with Crippen LogP contribution in [0.1, 0.15) is 84.0 Å². The Kier molecular flexibility index (Phi) is 5.00. The van der Waals surface area contributed by atoms with Gasteiger partial charge in [-0.15, -0.1) is 0 Å². The van der Waals surface area contributed by atoms with Gasteiger partial charge in [-0.1, -0.05) is 37.6 Å². The molecular formula is C32H43NO5. The molecule has 6 heteroatoms. The third kappa shape index (κ3) is 2.81. The van der Waals surface area contributed by atoms with Gasteiger partial charge in [0.15, 0.2) is 5.60 Å². The van der Waals surface area contributed by atoms with Gasteiger partial charge >= 0.3 is 0 Å². The van der Waals surface area contributed by atoms with Gasteiger partial charge in [-0.2, -0.15) is 0 Å². The predicted molar refractivity (Wildman–Crippen MR) is 146 cm³/mol. The zero-order chi connectivity index (χ0) is 27.0. The zero-order valence-electron chi connectivity index (χ0n) is 23.6. The number of aliphatic hydroxyl groups excluding tert-OH is 1. The summed E-state index contributed by atoms with van der Waals surface area (Å²) < 4.78 is 12.8. The molecule has 2 aliphatic heterocycles. The number of ether oxygens (including phenoxy) is 2. The topological polar surface area (TPSA) is 98.2 Å². The van der Waals surface area contributed by atoms with Crippen LogP contribution < -0.4 is 0 Å². The van der Waals surface area contributed by atoms with E-state index < -0.39 is 40.5 Å². The number of aromatic nitrogens is 1. The number of hydrogen-bond donors (Lipinski definition) is 4. The van der Waals surface area contributed by atoms with E-state index in [1.807, 2.05) is 0 Å². The molecule has 2 aromatic rings. The number of hydrogen-bond acceptors (Lipinski definition) is 5. The summed E-state index contributed by atoms with van der Waals surface area (Å²) in [5.41, 5.74) is 2.50. The van der Waals surface area contributed by atoms with Gasteiger partial charge in [-0.05, 0) is 89.3 Å². The van der Waals surface area contributed by atoms with Crippen molar-refractivity contribution in [3.8, 4) is 0 Å². The van der Waals surface area contributed by atoms with Gasteiger partial charge in [0.1, 0.15) is 23.9 Å². The van der Waals surface area contributed by atoms with Gasteiger partial charge in [0.2, 0.25) is 0 Å². The van der Waals surface area contributed by atoms with Gasteiger partial charge in [0.25, 0.3) is 0 Å². The van der Waals surface area contributed by atoms with Crippen molar-refractivity contribution < 1.29 is 24.8 Å². The smallest absolute Gasteiger partial charge is 0.152 e. The molecule has 7 rings (SSSR count). The Hall–Kier alpha value is -1.70. The van der Waals surface area contributed by atoms with Crippen LogP contribution in [-0.2, 0) is 27.7 Å². The number of epoxide rings is 1. The maximum atomic E-state index is 12.8. The maximum Gasteiger partial charge on any atom is 0.152 e. The quantitative estimate of drug-likeness (QED) is 0.353. The molecule has 1 spiro atoms. The zero-order valence-corrected chi connectivity index (χ0v) is 23.6. The van der Waals surface area contributed by atoms with Gasteiger partial charge in [0.05, 0.1) is 11.7 Å². The standard InChI is InChI=1S/C32H43NO5/c1-17(2)7-8-18-9-10-20-21-16-19-11-14-31(36)29(5,30(19,6)25(21)33-22(20)15-18)13-12-23-32(31)27(38-32)24(34)26(37-23)28(3,4)35/h7,9-10,15,19,23-24,26-27,33-36H,8,11-14,16H2,1-6H3. The molecule has 3 aliphatic carbocycles. The lowest BCUT2D eigenvalue weighted by atomic mass is 9.40. The second kappa shape index (κ2) is 7.52. The lowest BCUT2D eigenvalue weighted by molar-refractivity contribution is -0.280. The molecule has 2 saturated carbocycles. The van der Waals surface area contributed by atoms with E-state index in [1.54, 1.807) is 13.8 Å². The molecule has 38 heavy (non-hydrogen) atoms. The molecule has 4 fully saturated rings. The van der Waals surface area contributed by atoms with Gasteiger partial charge in [0, 0.05) is 27.4 Å². The fourth-order valence-corrected chi connectivity index (χ4v) is 9.52. The first-order valence-electron chi connectivity index (χ1n) is 14.5. The average molecular weight is 522 g/mol. The molecule has 206 valence electrons. The average Bonchev–Trinajstić information content (AvgIpc) is 3.43. The highest BCUT2D eigenvalue weighted by atomic mass is 16.7. The van der Waals surface area contributed by atoms with Crippen LogP contribution in [0.15, 0.2) is 29.8 Å². The first kappa shape index (κ1) is 25.3. The lowest BCUT2D eigenvalue weighted by Gasteiger charge is -2.66. The van der Waals surface area contributed by atoms with Crippen molar-refractivity contribution in [1.82, 2.24) is 4.98 Å². The van der Waals surface area contributed by atoms with E-state index >= 15 is 0 Å². The number of rotatable bonds is 3. The van der Waals surface area contributed by atoms with Crippen molar-refractivity contribution in [3.63, 3.8) is 0 Å². The van der Waals surface area contributed by atoms with Crippen molar-refractivity contribution >= 4 is 10.9 Å². The molecule has 1 aromatic heterocycles. The Morgan fingerprint density at radius 3 is 2.66 bits per heavy atom. The van der Waals surface area contributed by atoms with Crippen LogP contribution in [0.4, 0.5) is 0 Å². The Morgan fingerprint density at radius 2 is 1.95 bits per heavy atom. The number of allylic oxidation sites excluding steroid dienone is 2. The molecule has 5 aliphatic rings. The largest absolute Gasteiger partial charge is 0.388 e. The first-order chi connectivity index (χ1) is 17.8. The van der Waals surface area contributed by atoms with Crippen LogP contribution in [0.2, 0.25) is 0 Å². The summed E-state index contributed by atoms with van der Waals surface area (Å²) in [5, 5.41) is 36.1. The van der Waals surface area contributed by atoms with Crippen LogP contribution in [0.5, 0.6) is 0 Å². The number of nitrogens with one attached hydrogen (secondary N) is 1. The summed E-state index contributed by atoms with van der Waals surface area (Å²) in [6.07, 6.45) is 4.71. The monoisotopic (exact) mass is 521 g/mol. The SMILES string of the molecule is CC(C)=CCc1ccc2c3c([nH]c2c1)C1(C)C(CCC2(O)C45OC4C(O)C(C(C)(C)O)OC5CCC12C)C3. The molecule has 0 radical (unpaired) electrons. The Morgan fingerprint density at radius 1 is 1.18 bits per heavy atom. The van der Waals surface area contributed by atoms with E-state index in [9.17, 15) is 15.3 Å². The van der Waals surface area contributed by atoms with Crippen LogP contribution in [0, 0.1) is 11.3 Å². The fourth-order valence-electron chi connectivity index (χ4n) is 9.52. The molecule has 0 amide bonds. The van der Waals surface area contributed by atoms with Gasteiger partial charge < -0.3 is 29.8 Å². The third-order valence-electron chi connectivity index (χ3n) is 11.8. The Labute approximate surface area is 225 Å². The molecular weight excluding hydrogens is 478 g/mol. The van der Waals surface area contributed by atoms with Crippen molar-refractivity contribution in [2.75, 3.05) is 0 Å². The minimum atomic E-state index is -1.19.